The lowest BCUT2D eigenvalue weighted by Gasteiger charge is -2.24. The van der Waals surface area contributed by atoms with Crippen molar-refractivity contribution in [3.63, 3.8) is 0 Å². The predicted octanol–water partition coefficient (Wildman–Crippen LogP) is 3.88. The molecule has 1 aliphatic heterocycles. The fourth-order valence-electron chi connectivity index (χ4n) is 4.34. The molecule has 1 aliphatic rings. The fraction of sp³-hybridized carbons (Fsp3) is 0.148. The van der Waals surface area contributed by atoms with Gasteiger partial charge in [0.2, 0.25) is 0 Å². The average Bonchev–Trinajstić information content (AvgIpc) is 3.47. The van der Waals surface area contributed by atoms with Crippen molar-refractivity contribution in [2.45, 2.75) is 19.9 Å². The highest BCUT2D eigenvalue weighted by Crippen LogP contribution is 2.31. The van der Waals surface area contributed by atoms with E-state index in [1.807, 2.05) is 37.3 Å². The highest BCUT2D eigenvalue weighted by molar-refractivity contribution is 7.07. The molecule has 2 aromatic heterocycles. The number of fused-ring (bicyclic) bond motifs is 1. The minimum absolute atomic E-state index is 0.0375. The molecule has 0 unspecified atom stereocenters. The van der Waals surface area contributed by atoms with Crippen LogP contribution in [0.5, 0.6) is 0 Å². The molecule has 37 heavy (non-hydrogen) atoms. The van der Waals surface area contributed by atoms with Crippen LogP contribution in [0.2, 0.25) is 0 Å². The van der Waals surface area contributed by atoms with Gasteiger partial charge in [-0.3, -0.25) is 19.5 Å². The molecule has 0 N–H and O–H groups in total. The molecular formula is C27H21N3O6S. The van der Waals surface area contributed by atoms with Gasteiger partial charge in [-0.05, 0) is 37.1 Å². The smallest absolute Gasteiger partial charge is 0.338 e. The van der Waals surface area contributed by atoms with E-state index < -0.39 is 16.9 Å². The van der Waals surface area contributed by atoms with Gasteiger partial charge in [-0.15, -0.1) is 0 Å². The summed E-state index contributed by atoms with van der Waals surface area (Å²) in [5.41, 5.74) is 2.59. The molecule has 0 saturated carbocycles. The third kappa shape index (κ3) is 4.31. The van der Waals surface area contributed by atoms with Crippen LogP contribution in [-0.4, -0.2) is 22.6 Å². The van der Waals surface area contributed by atoms with E-state index in [2.05, 4.69) is 4.99 Å². The maximum absolute atomic E-state index is 13.6. The number of methoxy groups -OCH3 is 1. The first kappa shape index (κ1) is 24.1. The molecule has 0 spiro atoms. The molecule has 0 fully saturated rings. The molecule has 0 bridgehead atoms. The summed E-state index contributed by atoms with van der Waals surface area (Å²) in [5, 5.41) is 11.2. The van der Waals surface area contributed by atoms with Gasteiger partial charge in [0.15, 0.2) is 4.80 Å². The number of carbonyl (C=O) groups excluding carboxylic acids is 1. The second kappa shape index (κ2) is 9.47. The van der Waals surface area contributed by atoms with Crippen LogP contribution in [0, 0.1) is 17.0 Å². The highest BCUT2D eigenvalue weighted by atomic mass is 32.1. The number of benzene rings is 2. The van der Waals surface area contributed by atoms with Crippen LogP contribution in [-0.2, 0) is 9.53 Å². The van der Waals surface area contributed by atoms with Crippen LogP contribution in [0.15, 0.2) is 86.1 Å². The van der Waals surface area contributed by atoms with Crippen molar-refractivity contribution < 1.29 is 18.9 Å². The number of ether oxygens (including phenoxy) is 1. The first-order chi connectivity index (χ1) is 17.8. The van der Waals surface area contributed by atoms with Gasteiger partial charge >= 0.3 is 5.97 Å². The van der Waals surface area contributed by atoms with E-state index in [-0.39, 0.29) is 11.2 Å². The zero-order valence-electron chi connectivity index (χ0n) is 20.1. The summed E-state index contributed by atoms with van der Waals surface area (Å²) in [4.78, 5) is 42.0. The zero-order chi connectivity index (χ0) is 26.3. The van der Waals surface area contributed by atoms with Crippen LogP contribution >= 0.6 is 11.3 Å². The van der Waals surface area contributed by atoms with Crippen molar-refractivity contribution >= 4 is 29.1 Å². The van der Waals surface area contributed by atoms with Crippen molar-refractivity contribution in [3.8, 4) is 11.3 Å². The Bertz CT molecular complexity index is 1760. The number of aryl methyl sites for hydroxylation is 1. The number of hydrogen-bond donors (Lipinski definition) is 0. The molecule has 186 valence electrons. The molecule has 10 heteroatoms. The minimum Gasteiger partial charge on any atom is -0.466 e. The van der Waals surface area contributed by atoms with Gasteiger partial charge in [-0.1, -0.05) is 47.7 Å². The maximum Gasteiger partial charge on any atom is 0.338 e. The standard InChI is InChI=1S/C27H21N3O6S/c1-15-9-10-18(30(33)34)13-20(15)21-12-11-19(36-21)14-22-25(31)29-24(17-7-5-4-6-8-17)23(26(32)35-3)16(2)28-27(29)37-22/h4-14,24H,1-3H3/b22-14-/t24-/m0/s1. The zero-order valence-corrected chi connectivity index (χ0v) is 20.9. The molecular weight excluding hydrogens is 494 g/mol. The van der Waals surface area contributed by atoms with Gasteiger partial charge in [0, 0.05) is 23.8 Å². The van der Waals surface area contributed by atoms with E-state index in [4.69, 9.17) is 9.15 Å². The van der Waals surface area contributed by atoms with E-state index in [0.717, 1.165) is 11.1 Å². The van der Waals surface area contributed by atoms with E-state index >= 15 is 0 Å². The Kier molecular flexibility index (Phi) is 6.18. The molecule has 0 saturated heterocycles. The number of furan rings is 1. The average molecular weight is 516 g/mol. The minimum atomic E-state index is -0.688. The van der Waals surface area contributed by atoms with Crippen molar-refractivity contribution in [2.75, 3.05) is 7.11 Å². The van der Waals surface area contributed by atoms with Crippen LogP contribution in [0.1, 0.15) is 29.9 Å². The Labute approximate surface area is 214 Å². The molecule has 0 radical (unpaired) electrons. The van der Waals surface area contributed by atoms with Crippen LogP contribution < -0.4 is 14.9 Å². The lowest BCUT2D eigenvalue weighted by Crippen LogP contribution is -2.39. The van der Waals surface area contributed by atoms with Crippen molar-refractivity contribution in [2.24, 2.45) is 4.99 Å². The fourth-order valence-corrected chi connectivity index (χ4v) is 5.36. The lowest BCUT2D eigenvalue weighted by atomic mass is 9.96. The number of allylic oxidation sites excluding steroid dienone is 1. The summed E-state index contributed by atoms with van der Waals surface area (Å²) in [6, 6.07) is 16.5. The van der Waals surface area contributed by atoms with Crippen LogP contribution in [0.25, 0.3) is 17.4 Å². The second-order valence-corrected chi connectivity index (χ2v) is 9.45. The maximum atomic E-state index is 13.6. The Morgan fingerprint density at radius 1 is 1.16 bits per heavy atom. The molecule has 3 heterocycles. The van der Waals surface area contributed by atoms with E-state index in [1.54, 1.807) is 31.2 Å². The van der Waals surface area contributed by atoms with Gasteiger partial charge in [0.1, 0.15) is 11.5 Å². The first-order valence-corrected chi connectivity index (χ1v) is 12.1. The third-order valence-electron chi connectivity index (χ3n) is 6.14. The summed E-state index contributed by atoms with van der Waals surface area (Å²) in [6.45, 7) is 3.56. The number of non-ortho nitro benzene ring substituents is 1. The number of thiazole rings is 1. The summed E-state index contributed by atoms with van der Waals surface area (Å²) < 4.78 is 12.8. The molecule has 2 aromatic carbocycles. The SMILES string of the molecule is COC(=O)C1=C(C)N=c2s/c(=C\c3ccc(-c4cc([N+](=O)[O-])ccc4C)o3)c(=O)n2[C@H]1c1ccccc1. The monoisotopic (exact) mass is 515 g/mol. The van der Waals surface area contributed by atoms with E-state index in [1.165, 1.54) is 35.1 Å². The largest absolute Gasteiger partial charge is 0.466 e. The van der Waals surface area contributed by atoms with Crippen molar-refractivity contribution in [1.82, 2.24) is 4.57 Å². The van der Waals surface area contributed by atoms with Gasteiger partial charge in [0.25, 0.3) is 11.2 Å². The summed E-state index contributed by atoms with van der Waals surface area (Å²) in [7, 11) is 1.30. The van der Waals surface area contributed by atoms with Crippen molar-refractivity contribution in [3.05, 3.63) is 119 Å². The molecule has 0 amide bonds. The normalized spacial score (nSPS) is 15.3. The predicted molar refractivity (Wildman–Crippen MR) is 138 cm³/mol. The molecule has 4 aromatic rings. The number of nitro groups is 1. The quantitative estimate of drug-likeness (QED) is 0.226. The number of hydrogen-bond acceptors (Lipinski definition) is 8. The van der Waals surface area contributed by atoms with Gasteiger partial charge in [-0.2, -0.15) is 0 Å². The van der Waals surface area contributed by atoms with Crippen LogP contribution in [0.4, 0.5) is 5.69 Å². The number of nitrogens with zero attached hydrogens (tertiary/aromatic N) is 3. The Hall–Kier alpha value is -4.57. The summed E-state index contributed by atoms with van der Waals surface area (Å²) in [6.07, 6.45) is 1.61. The molecule has 0 aliphatic carbocycles. The number of aromatic nitrogens is 1. The van der Waals surface area contributed by atoms with Crippen LogP contribution in [0.3, 0.4) is 0 Å². The highest BCUT2D eigenvalue weighted by Gasteiger charge is 2.33. The molecule has 5 rings (SSSR count). The van der Waals surface area contributed by atoms with Crippen molar-refractivity contribution in [1.29, 1.82) is 0 Å². The number of nitro benzene ring substituents is 1. The second-order valence-electron chi connectivity index (χ2n) is 8.44. The third-order valence-corrected chi connectivity index (χ3v) is 7.12. The van der Waals surface area contributed by atoms with Gasteiger partial charge in [-0.25, -0.2) is 9.79 Å². The number of carbonyl (C=O) groups is 1. The summed E-state index contributed by atoms with van der Waals surface area (Å²) in [5.74, 6) is 0.310. The molecule has 1 atom stereocenters. The van der Waals surface area contributed by atoms with E-state index in [0.29, 0.717) is 37.7 Å². The Morgan fingerprint density at radius 2 is 1.92 bits per heavy atom. The Morgan fingerprint density at radius 3 is 2.62 bits per heavy atom. The topological polar surface area (TPSA) is 117 Å². The number of esters is 1. The van der Waals surface area contributed by atoms with Gasteiger partial charge < -0.3 is 9.15 Å². The lowest BCUT2D eigenvalue weighted by molar-refractivity contribution is -0.384. The number of rotatable bonds is 5. The van der Waals surface area contributed by atoms with E-state index in [9.17, 15) is 19.7 Å². The Balaban J connectivity index is 1.63. The summed E-state index contributed by atoms with van der Waals surface area (Å²) >= 11 is 1.19. The first-order valence-electron chi connectivity index (χ1n) is 11.3. The molecule has 9 nitrogen and oxygen atoms in total. The van der Waals surface area contributed by atoms with Gasteiger partial charge in [0.05, 0.1) is 33.9 Å².